The first-order valence-electron chi connectivity index (χ1n) is 16.0. The fourth-order valence-electron chi connectivity index (χ4n) is 5.76. The summed E-state index contributed by atoms with van der Waals surface area (Å²) >= 11 is 2.84. The number of hydrogen-bond donors (Lipinski definition) is 4. The van der Waals surface area contributed by atoms with Crippen molar-refractivity contribution in [2.75, 3.05) is 28.7 Å². The second kappa shape index (κ2) is 14.8. The van der Waals surface area contributed by atoms with Gasteiger partial charge in [-0.05, 0) is 79.3 Å². The van der Waals surface area contributed by atoms with E-state index in [1.54, 1.807) is 6.20 Å². The molecule has 0 fully saturated rings. The zero-order chi connectivity index (χ0) is 34.5. The number of rotatable bonds is 13. The summed E-state index contributed by atoms with van der Waals surface area (Å²) in [5.74, 6) is 0.00348. The van der Waals surface area contributed by atoms with Gasteiger partial charge in [-0.2, -0.15) is 0 Å². The fraction of sp³-hybridized carbons (Fsp3) is 0.194. The summed E-state index contributed by atoms with van der Waals surface area (Å²) in [6, 6.07) is 21.0. The predicted molar refractivity (Wildman–Crippen MR) is 196 cm³/mol. The molecular weight excluding hydrogens is 673 g/mol. The van der Waals surface area contributed by atoms with E-state index in [0.29, 0.717) is 59.7 Å². The lowest BCUT2D eigenvalue weighted by atomic mass is 9.94. The molecule has 6 aromatic rings. The minimum Gasteiger partial charge on any atom is -0.494 e. The number of para-hydroxylation sites is 1. The molecule has 1 aliphatic heterocycles. The van der Waals surface area contributed by atoms with Crippen molar-refractivity contribution in [2.45, 2.75) is 32.2 Å². The molecule has 0 aliphatic carbocycles. The third kappa shape index (κ3) is 7.31. The van der Waals surface area contributed by atoms with Crippen molar-refractivity contribution >= 4 is 72.7 Å². The Kier molecular flexibility index (Phi) is 9.71. The van der Waals surface area contributed by atoms with Crippen molar-refractivity contribution in [2.24, 2.45) is 0 Å². The van der Waals surface area contributed by atoms with Crippen molar-refractivity contribution in [3.05, 3.63) is 112 Å². The minimum atomic E-state index is -1.05. The molecule has 0 unspecified atom stereocenters. The summed E-state index contributed by atoms with van der Waals surface area (Å²) in [4.78, 5) is 45.6. The standard InChI is InChI=1S/C36H32N8O4S2/c37-18-23-19-38-21-39-32(23)40-24-11-13-25(14-12-24)48-17-4-3-10-30-31(34(46)47)42-36(50-30)44-16-15-22-6-5-7-26(27(22)20-44)33(45)43-35-41-28-8-1-2-9-29(28)49-35/h1-2,5-9,11-14,18-19,21,37H,3-4,10,15-17,20H2,(H,46,47)(H,38,39,40)(H,41,43,45). The van der Waals surface area contributed by atoms with Gasteiger partial charge in [0.2, 0.25) is 0 Å². The summed E-state index contributed by atoms with van der Waals surface area (Å²) < 4.78 is 6.93. The zero-order valence-electron chi connectivity index (χ0n) is 26.8. The number of hydrogen-bond acceptors (Lipinski definition) is 12. The third-order valence-electron chi connectivity index (χ3n) is 8.27. The molecule has 0 atom stereocenters. The van der Waals surface area contributed by atoms with Crippen molar-refractivity contribution in [3.8, 4) is 5.75 Å². The number of nitrogens with zero attached hydrogens (tertiary/aromatic N) is 5. The molecule has 252 valence electrons. The number of carboxylic acids is 1. The summed E-state index contributed by atoms with van der Waals surface area (Å²) in [5, 5.41) is 24.8. The number of aryl methyl sites for hydroxylation is 1. The maximum atomic E-state index is 13.4. The Bertz CT molecular complexity index is 2150. The van der Waals surface area contributed by atoms with Gasteiger partial charge < -0.3 is 25.5 Å². The number of carbonyl (C=O) groups excluding carboxylic acids is 1. The van der Waals surface area contributed by atoms with Gasteiger partial charge in [0.25, 0.3) is 5.91 Å². The summed E-state index contributed by atoms with van der Waals surface area (Å²) in [6.45, 7) is 1.61. The lowest BCUT2D eigenvalue weighted by molar-refractivity contribution is 0.0690. The highest BCUT2D eigenvalue weighted by atomic mass is 32.1. The van der Waals surface area contributed by atoms with Crippen LogP contribution in [0.4, 0.5) is 21.8 Å². The summed E-state index contributed by atoms with van der Waals surface area (Å²) in [6.07, 6.45) is 6.96. The average Bonchev–Trinajstić information content (AvgIpc) is 3.76. The fourth-order valence-corrected chi connectivity index (χ4v) is 7.74. The summed E-state index contributed by atoms with van der Waals surface area (Å²) in [5.41, 5.74) is 4.91. The molecule has 1 amide bonds. The number of aromatic nitrogens is 4. The number of thiazole rings is 2. The van der Waals surface area contributed by atoms with E-state index in [1.807, 2.05) is 66.7 Å². The molecular formula is C36H32N8O4S2. The number of carboxylic acid groups (broad SMARTS) is 1. The van der Waals surface area contributed by atoms with Crippen LogP contribution in [0.1, 0.15) is 55.3 Å². The molecule has 4 N–H and O–H groups in total. The lowest BCUT2D eigenvalue weighted by Gasteiger charge is -2.29. The molecule has 0 radical (unpaired) electrons. The smallest absolute Gasteiger partial charge is 0.355 e. The van der Waals surface area contributed by atoms with Gasteiger partial charge in [-0.15, -0.1) is 11.3 Å². The van der Waals surface area contributed by atoms with Crippen LogP contribution in [0.15, 0.2) is 79.3 Å². The Morgan fingerprint density at radius 1 is 1.02 bits per heavy atom. The highest BCUT2D eigenvalue weighted by Gasteiger charge is 2.26. The predicted octanol–water partition coefficient (Wildman–Crippen LogP) is 7.20. The van der Waals surface area contributed by atoms with Crippen LogP contribution in [-0.4, -0.2) is 56.3 Å². The van der Waals surface area contributed by atoms with Gasteiger partial charge in [-0.3, -0.25) is 10.1 Å². The highest BCUT2D eigenvalue weighted by Crippen LogP contribution is 2.33. The molecule has 0 bridgehead atoms. The molecule has 12 nitrogen and oxygen atoms in total. The Morgan fingerprint density at radius 3 is 2.70 bits per heavy atom. The molecule has 14 heteroatoms. The van der Waals surface area contributed by atoms with Gasteiger partial charge in [0.05, 0.1) is 22.4 Å². The lowest BCUT2D eigenvalue weighted by Crippen LogP contribution is -2.32. The van der Waals surface area contributed by atoms with Crippen LogP contribution in [0.3, 0.4) is 0 Å². The van der Waals surface area contributed by atoms with Crippen LogP contribution < -0.4 is 20.3 Å². The minimum absolute atomic E-state index is 0.0801. The van der Waals surface area contributed by atoms with Crippen LogP contribution >= 0.6 is 22.7 Å². The number of nitrogens with one attached hydrogen (secondary N) is 3. The van der Waals surface area contributed by atoms with Crippen LogP contribution in [0, 0.1) is 5.41 Å². The Balaban J connectivity index is 0.951. The maximum Gasteiger partial charge on any atom is 0.355 e. The van der Waals surface area contributed by atoms with E-state index >= 15 is 0 Å². The number of carbonyl (C=O) groups is 2. The van der Waals surface area contributed by atoms with Gasteiger partial charge in [0.15, 0.2) is 16.0 Å². The van der Waals surface area contributed by atoms with Gasteiger partial charge in [-0.25, -0.2) is 24.7 Å². The molecule has 3 aromatic carbocycles. The quantitative estimate of drug-likeness (QED) is 0.0713. The van der Waals surface area contributed by atoms with Crippen LogP contribution in [0.25, 0.3) is 10.2 Å². The highest BCUT2D eigenvalue weighted by molar-refractivity contribution is 7.22. The van der Waals surface area contributed by atoms with E-state index in [0.717, 1.165) is 50.5 Å². The molecule has 7 rings (SSSR count). The molecule has 0 saturated carbocycles. The van der Waals surface area contributed by atoms with Gasteiger partial charge in [0, 0.05) is 41.6 Å². The first kappa shape index (κ1) is 32.8. The Labute approximate surface area is 295 Å². The van der Waals surface area contributed by atoms with E-state index in [2.05, 4.69) is 35.5 Å². The van der Waals surface area contributed by atoms with Gasteiger partial charge in [-0.1, -0.05) is 35.6 Å². The summed E-state index contributed by atoms with van der Waals surface area (Å²) in [7, 11) is 0. The number of fused-ring (bicyclic) bond motifs is 2. The van der Waals surface area contributed by atoms with E-state index in [-0.39, 0.29) is 11.6 Å². The normalized spacial score (nSPS) is 12.4. The van der Waals surface area contributed by atoms with Crippen molar-refractivity contribution in [3.63, 3.8) is 0 Å². The molecule has 0 spiro atoms. The Hall–Kier alpha value is -5.73. The number of ether oxygens (including phenoxy) is 1. The average molecular weight is 705 g/mol. The van der Waals surface area contributed by atoms with Crippen LogP contribution in [-0.2, 0) is 19.4 Å². The largest absolute Gasteiger partial charge is 0.494 e. The molecule has 50 heavy (non-hydrogen) atoms. The first-order chi connectivity index (χ1) is 24.4. The maximum absolute atomic E-state index is 13.4. The first-order valence-corrected chi connectivity index (χ1v) is 17.6. The van der Waals surface area contributed by atoms with Crippen molar-refractivity contribution in [1.82, 2.24) is 19.9 Å². The van der Waals surface area contributed by atoms with Crippen LogP contribution in [0.5, 0.6) is 5.75 Å². The van der Waals surface area contributed by atoms with Gasteiger partial charge in [0.1, 0.15) is 17.9 Å². The van der Waals surface area contributed by atoms with E-state index in [1.165, 1.54) is 35.2 Å². The van der Waals surface area contributed by atoms with E-state index in [4.69, 9.17) is 10.1 Å². The van der Waals surface area contributed by atoms with E-state index < -0.39 is 5.97 Å². The third-order valence-corrected chi connectivity index (χ3v) is 10.4. The number of anilines is 4. The van der Waals surface area contributed by atoms with Crippen molar-refractivity contribution in [1.29, 1.82) is 5.41 Å². The van der Waals surface area contributed by atoms with Gasteiger partial charge >= 0.3 is 5.97 Å². The molecule has 1 aliphatic rings. The van der Waals surface area contributed by atoms with Crippen LogP contribution in [0.2, 0.25) is 0 Å². The molecule has 0 saturated heterocycles. The molecule has 4 heterocycles. The second-order valence-corrected chi connectivity index (χ2v) is 13.6. The van der Waals surface area contributed by atoms with E-state index in [9.17, 15) is 14.7 Å². The Morgan fingerprint density at radius 2 is 1.88 bits per heavy atom. The second-order valence-electron chi connectivity index (χ2n) is 11.6. The number of benzene rings is 3. The topological polar surface area (TPSA) is 166 Å². The monoisotopic (exact) mass is 704 g/mol. The SMILES string of the molecule is N=Cc1cncnc1Nc1ccc(OCCCCc2sc(N3CCc4cccc(C(=O)Nc5nc6ccccc6s5)c4C3)nc2C(=O)O)cc1. The van der Waals surface area contributed by atoms with Crippen molar-refractivity contribution < 1.29 is 19.4 Å². The number of unbranched alkanes of at least 4 members (excludes halogenated alkanes) is 1. The number of aromatic carboxylic acids is 1. The molecule has 3 aromatic heterocycles. The zero-order valence-corrected chi connectivity index (χ0v) is 28.4. The number of amides is 1.